The quantitative estimate of drug-likeness (QED) is 0.526. The summed E-state index contributed by atoms with van der Waals surface area (Å²) in [7, 11) is 0. The molecule has 2 aromatic carbocycles. The van der Waals surface area contributed by atoms with E-state index >= 15 is 0 Å². The Hall–Kier alpha value is -3.03. The smallest absolute Gasteiger partial charge is 0.229 e. The van der Waals surface area contributed by atoms with Crippen LogP contribution in [0.2, 0.25) is 5.02 Å². The molecule has 0 bridgehead atoms. The van der Waals surface area contributed by atoms with Crippen molar-refractivity contribution in [3.8, 4) is 5.75 Å². The molecule has 2 heterocycles. The number of ether oxygens (including phenoxy) is 2. The predicted molar refractivity (Wildman–Crippen MR) is 125 cm³/mol. The fraction of sp³-hybridized carbons (Fsp3) is 0.304. The number of aryl methyl sites for hydroxylation is 1. The minimum atomic E-state index is 0.431. The zero-order valence-electron chi connectivity index (χ0n) is 17.7. The lowest BCUT2D eigenvalue weighted by atomic mass is 10.2. The Morgan fingerprint density at radius 3 is 2.68 bits per heavy atom. The van der Waals surface area contributed by atoms with Crippen LogP contribution in [0.1, 0.15) is 12.5 Å². The Balaban J connectivity index is 1.57. The Kier molecular flexibility index (Phi) is 6.74. The monoisotopic (exact) mass is 439 g/mol. The lowest BCUT2D eigenvalue weighted by Gasteiger charge is -2.29. The van der Waals surface area contributed by atoms with Gasteiger partial charge in [-0.2, -0.15) is 4.98 Å². The summed E-state index contributed by atoms with van der Waals surface area (Å²) in [6.45, 7) is 7.76. The lowest BCUT2D eigenvalue weighted by molar-refractivity contribution is 0.122. The van der Waals surface area contributed by atoms with Crippen LogP contribution in [-0.2, 0) is 4.74 Å². The molecule has 0 aliphatic carbocycles. The molecule has 1 aliphatic rings. The van der Waals surface area contributed by atoms with Crippen molar-refractivity contribution < 1.29 is 9.47 Å². The summed E-state index contributed by atoms with van der Waals surface area (Å²) in [6.07, 6.45) is 1.58. The molecule has 1 aliphatic heterocycles. The number of hydrogen-bond acceptors (Lipinski definition) is 7. The molecular formula is C23H26ClN5O2. The summed E-state index contributed by atoms with van der Waals surface area (Å²) in [6, 6.07) is 14.1. The average Bonchev–Trinajstić information content (AvgIpc) is 2.79. The van der Waals surface area contributed by atoms with Gasteiger partial charge in [0.2, 0.25) is 5.95 Å². The second-order valence-electron chi connectivity index (χ2n) is 7.17. The van der Waals surface area contributed by atoms with Gasteiger partial charge in [-0.05, 0) is 37.6 Å². The summed E-state index contributed by atoms with van der Waals surface area (Å²) in [5.74, 6) is 1.72. The van der Waals surface area contributed by atoms with Crippen LogP contribution in [0.15, 0.2) is 48.7 Å². The minimum absolute atomic E-state index is 0.431. The lowest BCUT2D eigenvalue weighted by Crippen LogP contribution is -2.36. The van der Waals surface area contributed by atoms with E-state index in [0.717, 1.165) is 54.7 Å². The maximum Gasteiger partial charge on any atom is 0.229 e. The van der Waals surface area contributed by atoms with Gasteiger partial charge < -0.3 is 25.0 Å². The first-order valence-corrected chi connectivity index (χ1v) is 10.7. The number of nitrogens with zero attached hydrogens (tertiary/aromatic N) is 3. The van der Waals surface area contributed by atoms with Crippen molar-refractivity contribution in [3.05, 3.63) is 59.2 Å². The second kappa shape index (κ2) is 9.85. The molecule has 0 spiro atoms. The summed E-state index contributed by atoms with van der Waals surface area (Å²) in [5, 5.41) is 7.00. The van der Waals surface area contributed by atoms with E-state index in [0.29, 0.717) is 23.4 Å². The second-order valence-corrected chi connectivity index (χ2v) is 7.58. The Morgan fingerprint density at radius 2 is 1.90 bits per heavy atom. The number of hydrogen-bond donors (Lipinski definition) is 2. The van der Waals surface area contributed by atoms with Gasteiger partial charge in [-0.25, -0.2) is 4.98 Å². The van der Waals surface area contributed by atoms with E-state index in [1.54, 1.807) is 6.20 Å². The summed E-state index contributed by atoms with van der Waals surface area (Å²) in [5.41, 5.74) is 3.95. The van der Waals surface area contributed by atoms with E-state index in [-0.39, 0.29) is 0 Å². The molecule has 1 fully saturated rings. The van der Waals surface area contributed by atoms with Gasteiger partial charge in [0.25, 0.3) is 0 Å². The van der Waals surface area contributed by atoms with Crippen LogP contribution in [0.5, 0.6) is 5.75 Å². The van der Waals surface area contributed by atoms with Crippen molar-refractivity contribution in [2.45, 2.75) is 13.8 Å². The van der Waals surface area contributed by atoms with Crippen LogP contribution in [0.3, 0.4) is 0 Å². The number of rotatable bonds is 7. The maximum absolute atomic E-state index is 6.33. The molecule has 0 unspecified atom stereocenters. The number of morpholine rings is 1. The molecule has 0 amide bonds. The molecule has 0 atom stereocenters. The first kappa shape index (κ1) is 21.2. The SMILES string of the molecule is CCOc1cc(N2CCOCC2)ccc1Nc1ncc(Cl)c(Nc2ccccc2C)n1. The van der Waals surface area contributed by atoms with E-state index in [4.69, 9.17) is 21.1 Å². The van der Waals surface area contributed by atoms with E-state index in [9.17, 15) is 0 Å². The van der Waals surface area contributed by atoms with Gasteiger partial charge in [-0.3, -0.25) is 0 Å². The summed E-state index contributed by atoms with van der Waals surface area (Å²) >= 11 is 6.33. The minimum Gasteiger partial charge on any atom is -0.492 e. The normalized spacial score (nSPS) is 13.7. The van der Waals surface area contributed by atoms with Gasteiger partial charge in [-0.1, -0.05) is 29.8 Å². The molecule has 3 aromatic rings. The fourth-order valence-electron chi connectivity index (χ4n) is 3.38. The average molecular weight is 440 g/mol. The molecule has 4 rings (SSSR count). The third-order valence-corrected chi connectivity index (χ3v) is 5.31. The first-order chi connectivity index (χ1) is 15.1. The highest BCUT2D eigenvalue weighted by atomic mass is 35.5. The number of halogens is 1. The summed E-state index contributed by atoms with van der Waals surface area (Å²) < 4.78 is 11.3. The Morgan fingerprint density at radius 1 is 1.10 bits per heavy atom. The van der Waals surface area contributed by atoms with Crippen molar-refractivity contribution in [2.75, 3.05) is 48.4 Å². The maximum atomic E-state index is 6.33. The van der Waals surface area contributed by atoms with E-state index in [1.165, 1.54) is 0 Å². The largest absolute Gasteiger partial charge is 0.492 e. The Bertz CT molecular complexity index is 1040. The van der Waals surface area contributed by atoms with Crippen molar-refractivity contribution in [1.82, 2.24) is 9.97 Å². The molecule has 7 nitrogen and oxygen atoms in total. The van der Waals surface area contributed by atoms with Crippen LogP contribution < -0.4 is 20.3 Å². The topological polar surface area (TPSA) is 71.5 Å². The van der Waals surface area contributed by atoms with Crippen LogP contribution in [-0.4, -0.2) is 42.9 Å². The van der Waals surface area contributed by atoms with Gasteiger partial charge >= 0.3 is 0 Å². The number of benzene rings is 2. The Labute approximate surface area is 187 Å². The fourth-order valence-corrected chi connectivity index (χ4v) is 3.52. The highest BCUT2D eigenvalue weighted by Gasteiger charge is 2.15. The first-order valence-electron chi connectivity index (χ1n) is 10.4. The molecule has 8 heteroatoms. The molecular weight excluding hydrogens is 414 g/mol. The predicted octanol–water partition coefficient (Wildman–Crippen LogP) is 5.16. The van der Waals surface area contributed by atoms with Crippen molar-refractivity contribution in [2.24, 2.45) is 0 Å². The third-order valence-electron chi connectivity index (χ3n) is 5.03. The zero-order chi connectivity index (χ0) is 21.6. The molecule has 1 saturated heterocycles. The van der Waals surface area contributed by atoms with Crippen LogP contribution >= 0.6 is 11.6 Å². The van der Waals surface area contributed by atoms with Crippen molar-refractivity contribution in [1.29, 1.82) is 0 Å². The third kappa shape index (κ3) is 5.18. The highest BCUT2D eigenvalue weighted by molar-refractivity contribution is 6.32. The van der Waals surface area contributed by atoms with Crippen molar-refractivity contribution in [3.63, 3.8) is 0 Å². The standard InChI is InChI=1S/C23H26ClN5O2/c1-3-31-21-14-17(29-10-12-30-13-11-29)8-9-20(21)27-23-25-15-18(24)22(28-23)26-19-7-5-4-6-16(19)2/h4-9,14-15H,3,10-13H2,1-2H3,(H2,25,26,27,28). The zero-order valence-corrected chi connectivity index (χ0v) is 18.4. The van der Waals surface area contributed by atoms with Crippen LogP contribution in [0, 0.1) is 6.92 Å². The molecule has 1 aromatic heterocycles. The summed E-state index contributed by atoms with van der Waals surface area (Å²) in [4.78, 5) is 11.2. The van der Waals surface area contributed by atoms with Crippen LogP contribution in [0.25, 0.3) is 0 Å². The molecule has 2 N–H and O–H groups in total. The van der Waals surface area contributed by atoms with Gasteiger partial charge in [0.15, 0.2) is 5.82 Å². The van der Waals surface area contributed by atoms with Crippen molar-refractivity contribution >= 4 is 40.4 Å². The van der Waals surface area contributed by atoms with E-state index in [1.807, 2.05) is 50.2 Å². The van der Waals surface area contributed by atoms with Crippen LogP contribution in [0.4, 0.5) is 28.8 Å². The molecule has 0 radical (unpaired) electrons. The van der Waals surface area contributed by atoms with E-state index in [2.05, 4.69) is 31.6 Å². The van der Waals surface area contributed by atoms with Gasteiger partial charge in [0.1, 0.15) is 10.8 Å². The van der Waals surface area contributed by atoms with Gasteiger partial charge in [-0.15, -0.1) is 0 Å². The number of aromatic nitrogens is 2. The molecule has 0 saturated carbocycles. The van der Waals surface area contributed by atoms with Gasteiger partial charge in [0.05, 0.1) is 31.7 Å². The highest BCUT2D eigenvalue weighted by Crippen LogP contribution is 2.33. The molecule has 31 heavy (non-hydrogen) atoms. The number of anilines is 5. The molecule has 162 valence electrons. The number of nitrogens with one attached hydrogen (secondary N) is 2. The number of para-hydroxylation sites is 1. The van der Waals surface area contributed by atoms with Gasteiger partial charge in [0, 0.05) is 30.5 Å². The van der Waals surface area contributed by atoms with E-state index < -0.39 is 0 Å².